The van der Waals surface area contributed by atoms with Crippen molar-refractivity contribution in [2.45, 2.75) is 6.42 Å². The van der Waals surface area contributed by atoms with Gasteiger partial charge >= 0.3 is 0 Å². The van der Waals surface area contributed by atoms with Crippen LogP contribution in [0.25, 0.3) is 6.08 Å². The number of nitriles is 1. The number of phenolic OH excluding ortho intramolecular Hbond substituents is 2. The van der Waals surface area contributed by atoms with Gasteiger partial charge in [-0.2, -0.15) is 5.26 Å². The van der Waals surface area contributed by atoms with Crippen LogP contribution in [0.2, 0.25) is 0 Å². The first kappa shape index (κ1) is 19.6. The lowest BCUT2D eigenvalue weighted by Crippen LogP contribution is -2.26. The zero-order valence-electron chi connectivity index (χ0n) is 14.8. The second-order valence-electron chi connectivity index (χ2n) is 5.65. The van der Waals surface area contributed by atoms with Crippen LogP contribution in [0, 0.1) is 11.3 Å². The molecule has 3 N–H and O–H groups in total. The fourth-order valence-electron chi connectivity index (χ4n) is 2.45. The molecule has 0 saturated carbocycles. The molecule has 2 aromatic carbocycles. The predicted molar refractivity (Wildman–Crippen MR) is 102 cm³/mol. The first-order chi connectivity index (χ1) is 13.0. The highest BCUT2D eigenvalue weighted by atomic mass is 16.5. The van der Waals surface area contributed by atoms with Crippen LogP contribution in [0.4, 0.5) is 0 Å². The highest BCUT2D eigenvalue weighted by Gasteiger charge is 2.08. The number of hydrogen-bond donors (Lipinski definition) is 3. The van der Waals surface area contributed by atoms with E-state index in [2.05, 4.69) is 5.32 Å². The molecule has 27 heavy (non-hydrogen) atoms. The first-order valence-electron chi connectivity index (χ1n) is 8.25. The number of carbonyl (C=O) groups excluding carboxylic acids is 1. The molecule has 0 atom stereocenters. The standard InChI is InChI=1S/C21H20N2O4/c1-27-20-8-3-2-6-16(20)9-10-23-21(26)17(14-22)7-4-5-15-11-18(24)13-19(25)12-15/h2-8,11-13,24-25H,9-10H2,1H3,(H,23,26)/b5-4+,17-7+. The molecule has 6 nitrogen and oxygen atoms in total. The van der Waals surface area contributed by atoms with Crippen molar-refractivity contribution in [1.29, 1.82) is 5.26 Å². The van der Waals surface area contributed by atoms with E-state index in [1.165, 1.54) is 30.4 Å². The highest BCUT2D eigenvalue weighted by Crippen LogP contribution is 2.21. The molecule has 0 bridgehead atoms. The summed E-state index contributed by atoms with van der Waals surface area (Å²) in [6, 6.07) is 13.5. The van der Waals surface area contributed by atoms with Gasteiger partial charge in [-0.1, -0.05) is 30.4 Å². The van der Waals surface area contributed by atoms with Crippen molar-refractivity contribution >= 4 is 12.0 Å². The smallest absolute Gasteiger partial charge is 0.261 e. The van der Waals surface area contributed by atoms with E-state index in [1.54, 1.807) is 13.2 Å². The van der Waals surface area contributed by atoms with Crippen LogP contribution in [-0.2, 0) is 11.2 Å². The first-order valence-corrected chi connectivity index (χ1v) is 8.25. The Labute approximate surface area is 157 Å². The molecule has 0 spiro atoms. The monoisotopic (exact) mass is 364 g/mol. The Bertz CT molecular complexity index is 890. The predicted octanol–water partition coefficient (Wildman–Crippen LogP) is 2.93. The van der Waals surface area contributed by atoms with E-state index in [0.717, 1.165) is 11.3 Å². The third-order valence-electron chi connectivity index (χ3n) is 3.71. The lowest BCUT2D eigenvalue weighted by atomic mass is 10.1. The van der Waals surface area contributed by atoms with Gasteiger partial charge < -0.3 is 20.3 Å². The number of nitrogens with one attached hydrogen (secondary N) is 1. The Morgan fingerprint density at radius 3 is 2.59 bits per heavy atom. The summed E-state index contributed by atoms with van der Waals surface area (Å²) >= 11 is 0. The summed E-state index contributed by atoms with van der Waals surface area (Å²) in [4.78, 5) is 12.1. The van der Waals surface area contributed by atoms with E-state index in [9.17, 15) is 15.0 Å². The minimum absolute atomic E-state index is 0.0457. The van der Waals surface area contributed by atoms with Crippen molar-refractivity contribution in [3.8, 4) is 23.3 Å². The summed E-state index contributed by atoms with van der Waals surface area (Å²) in [6.45, 7) is 0.363. The van der Waals surface area contributed by atoms with Crippen LogP contribution in [0.1, 0.15) is 11.1 Å². The number of phenols is 2. The molecule has 0 aliphatic carbocycles. The van der Waals surface area contributed by atoms with Gasteiger partial charge in [0.15, 0.2) is 0 Å². The molecule has 0 radical (unpaired) electrons. The number of benzene rings is 2. The van der Waals surface area contributed by atoms with Gasteiger partial charge in [0, 0.05) is 12.6 Å². The van der Waals surface area contributed by atoms with Crippen molar-refractivity contribution < 1.29 is 19.7 Å². The van der Waals surface area contributed by atoms with Gasteiger partial charge in [0.25, 0.3) is 5.91 Å². The molecule has 0 aliphatic heterocycles. The quantitative estimate of drug-likeness (QED) is 0.398. The van der Waals surface area contributed by atoms with Crippen molar-refractivity contribution in [2.24, 2.45) is 0 Å². The highest BCUT2D eigenvalue weighted by molar-refractivity contribution is 5.97. The van der Waals surface area contributed by atoms with Gasteiger partial charge in [-0.25, -0.2) is 0 Å². The number of rotatable bonds is 7. The van der Waals surface area contributed by atoms with E-state index >= 15 is 0 Å². The number of nitrogens with zero attached hydrogens (tertiary/aromatic N) is 1. The van der Waals surface area contributed by atoms with Gasteiger partial charge in [0.1, 0.15) is 28.9 Å². The minimum Gasteiger partial charge on any atom is -0.508 e. The summed E-state index contributed by atoms with van der Waals surface area (Å²) in [7, 11) is 1.59. The molecular formula is C21H20N2O4. The Kier molecular flexibility index (Phi) is 7.03. The summed E-state index contributed by atoms with van der Waals surface area (Å²) < 4.78 is 5.26. The Morgan fingerprint density at radius 2 is 1.93 bits per heavy atom. The largest absolute Gasteiger partial charge is 0.508 e. The van der Waals surface area contributed by atoms with Crippen LogP contribution in [0.5, 0.6) is 17.2 Å². The lowest BCUT2D eigenvalue weighted by molar-refractivity contribution is -0.117. The molecule has 0 aromatic heterocycles. The normalized spacial score (nSPS) is 11.2. The molecule has 0 saturated heterocycles. The maximum absolute atomic E-state index is 12.1. The number of amides is 1. The lowest BCUT2D eigenvalue weighted by Gasteiger charge is -2.08. The number of methoxy groups -OCH3 is 1. The van der Waals surface area contributed by atoms with E-state index in [1.807, 2.05) is 30.3 Å². The number of para-hydroxylation sites is 1. The summed E-state index contributed by atoms with van der Waals surface area (Å²) in [6.07, 6.45) is 5.03. The van der Waals surface area contributed by atoms with Crippen LogP contribution in [0.3, 0.4) is 0 Å². The molecule has 138 valence electrons. The number of ether oxygens (including phenoxy) is 1. The SMILES string of the molecule is COc1ccccc1CCNC(=O)/C(C#N)=C/C=C/c1cc(O)cc(O)c1. The Hall–Kier alpha value is -3.72. The van der Waals surface area contributed by atoms with Gasteiger partial charge in [-0.15, -0.1) is 0 Å². The fourth-order valence-corrected chi connectivity index (χ4v) is 2.45. The molecule has 0 fully saturated rings. The van der Waals surface area contributed by atoms with Crippen LogP contribution in [-0.4, -0.2) is 29.8 Å². The molecule has 0 unspecified atom stereocenters. The summed E-state index contributed by atoms with van der Waals surface area (Å²) in [5, 5.41) is 30.7. The van der Waals surface area contributed by atoms with Crippen LogP contribution in [0.15, 0.2) is 60.2 Å². The van der Waals surface area contributed by atoms with E-state index in [4.69, 9.17) is 10.00 Å². The number of allylic oxidation sites excluding steroid dienone is 2. The van der Waals surface area contributed by atoms with E-state index < -0.39 is 5.91 Å². The minimum atomic E-state index is -0.476. The van der Waals surface area contributed by atoms with Crippen molar-refractivity contribution in [1.82, 2.24) is 5.32 Å². The van der Waals surface area contributed by atoms with E-state index in [0.29, 0.717) is 18.5 Å². The van der Waals surface area contributed by atoms with Crippen molar-refractivity contribution in [2.75, 3.05) is 13.7 Å². The Balaban J connectivity index is 1.95. The fraction of sp³-hybridized carbons (Fsp3) is 0.143. The van der Waals surface area contributed by atoms with Crippen molar-refractivity contribution in [3.63, 3.8) is 0 Å². The number of hydrogen-bond acceptors (Lipinski definition) is 5. The third-order valence-corrected chi connectivity index (χ3v) is 3.71. The molecule has 6 heteroatoms. The zero-order chi connectivity index (χ0) is 19.6. The van der Waals surface area contributed by atoms with Gasteiger partial charge in [-0.3, -0.25) is 4.79 Å². The second kappa shape index (κ2) is 9.68. The van der Waals surface area contributed by atoms with Gasteiger partial charge in [0.05, 0.1) is 7.11 Å². The second-order valence-corrected chi connectivity index (χ2v) is 5.65. The number of aromatic hydroxyl groups is 2. The zero-order valence-corrected chi connectivity index (χ0v) is 14.8. The van der Waals surface area contributed by atoms with Crippen LogP contribution < -0.4 is 10.1 Å². The maximum atomic E-state index is 12.1. The van der Waals surface area contributed by atoms with Crippen LogP contribution >= 0.6 is 0 Å². The average Bonchev–Trinajstić information content (AvgIpc) is 2.64. The van der Waals surface area contributed by atoms with E-state index in [-0.39, 0.29) is 17.1 Å². The molecule has 2 aromatic rings. The Morgan fingerprint density at radius 1 is 1.22 bits per heavy atom. The van der Waals surface area contributed by atoms with Gasteiger partial charge in [-0.05, 0) is 41.8 Å². The topological polar surface area (TPSA) is 103 Å². The average molecular weight is 364 g/mol. The van der Waals surface area contributed by atoms with Crippen molar-refractivity contribution in [3.05, 3.63) is 71.3 Å². The summed E-state index contributed by atoms with van der Waals surface area (Å²) in [5.41, 5.74) is 1.46. The third kappa shape index (κ3) is 5.94. The maximum Gasteiger partial charge on any atom is 0.261 e. The molecule has 1 amide bonds. The van der Waals surface area contributed by atoms with Gasteiger partial charge in [0.2, 0.25) is 0 Å². The summed E-state index contributed by atoms with van der Waals surface area (Å²) in [5.74, 6) is 0.123. The number of carbonyl (C=O) groups is 1. The molecule has 2 rings (SSSR count). The molecular weight excluding hydrogens is 344 g/mol. The molecule has 0 heterocycles. The molecule has 0 aliphatic rings.